The summed E-state index contributed by atoms with van der Waals surface area (Å²) < 4.78 is 9.80. The Bertz CT molecular complexity index is 554. The molecule has 1 N–H and O–H groups in total. The van der Waals surface area contributed by atoms with Crippen LogP contribution in [0.5, 0.6) is 5.88 Å². The Morgan fingerprint density at radius 1 is 1.41 bits per heavy atom. The van der Waals surface area contributed by atoms with E-state index in [2.05, 4.69) is 20.0 Å². The van der Waals surface area contributed by atoms with E-state index >= 15 is 0 Å². The van der Waals surface area contributed by atoms with E-state index in [0.29, 0.717) is 18.5 Å². The molecule has 6 nitrogen and oxygen atoms in total. The van der Waals surface area contributed by atoms with E-state index in [1.165, 1.54) is 20.0 Å². The summed E-state index contributed by atoms with van der Waals surface area (Å²) in [7, 11) is 2.97. The number of ether oxygens (including phenoxy) is 2. The van der Waals surface area contributed by atoms with Gasteiger partial charge in [0.05, 0.1) is 20.3 Å². The second-order valence-corrected chi connectivity index (χ2v) is 5.36. The third-order valence-corrected chi connectivity index (χ3v) is 3.47. The molecule has 1 aromatic heterocycles. The van der Waals surface area contributed by atoms with Crippen LogP contribution in [0.4, 0.5) is 4.79 Å². The summed E-state index contributed by atoms with van der Waals surface area (Å²) in [5.41, 5.74) is 3.01. The fraction of sp³-hybridized carbons (Fsp3) is 0.562. The van der Waals surface area contributed by atoms with E-state index in [1.807, 2.05) is 19.1 Å². The smallest absolute Gasteiger partial charge is 0.406 e. The van der Waals surface area contributed by atoms with Crippen LogP contribution in [0, 0.1) is 0 Å². The molecule has 0 aliphatic heterocycles. The molecule has 6 heteroatoms. The zero-order valence-electron chi connectivity index (χ0n) is 13.4. The molecule has 1 fully saturated rings. The van der Waals surface area contributed by atoms with E-state index in [4.69, 9.17) is 4.74 Å². The van der Waals surface area contributed by atoms with E-state index in [9.17, 15) is 4.79 Å². The molecule has 1 aliphatic carbocycles. The van der Waals surface area contributed by atoms with Gasteiger partial charge in [0.25, 0.3) is 0 Å². The third-order valence-electron chi connectivity index (χ3n) is 3.47. The molecule has 1 aliphatic rings. The van der Waals surface area contributed by atoms with E-state index in [1.54, 1.807) is 7.11 Å². The summed E-state index contributed by atoms with van der Waals surface area (Å²) in [6, 6.07) is 4.45. The van der Waals surface area contributed by atoms with Gasteiger partial charge in [0.1, 0.15) is 0 Å². The molecule has 0 unspecified atom stereocenters. The number of aromatic nitrogens is 1. The van der Waals surface area contributed by atoms with Gasteiger partial charge in [-0.3, -0.25) is 4.99 Å². The number of rotatable bonds is 7. The van der Waals surface area contributed by atoms with E-state index in [-0.39, 0.29) is 0 Å². The largest absolute Gasteiger partial charge is 0.481 e. The van der Waals surface area contributed by atoms with Crippen LogP contribution in [0.1, 0.15) is 37.4 Å². The minimum atomic E-state index is -0.410. The number of pyridine rings is 1. The molecule has 1 saturated carbocycles. The fourth-order valence-electron chi connectivity index (χ4n) is 2.09. The number of nitrogens with one attached hydrogen (secondary N) is 1. The predicted molar refractivity (Wildman–Crippen MR) is 84.8 cm³/mol. The average Bonchev–Trinajstić information content (AvgIpc) is 3.34. The van der Waals surface area contributed by atoms with Gasteiger partial charge in [-0.1, -0.05) is 0 Å². The Kier molecular flexibility index (Phi) is 5.75. The first kappa shape index (κ1) is 16.3. The summed E-state index contributed by atoms with van der Waals surface area (Å²) in [4.78, 5) is 20.1. The quantitative estimate of drug-likeness (QED) is 0.620. The monoisotopic (exact) mass is 305 g/mol. The van der Waals surface area contributed by atoms with Crippen molar-refractivity contribution in [3.05, 3.63) is 23.4 Å². The third kappa shape index (κ3) is 5.02. The SMILES string of the molecule is COC(=O)NCCCc1cc(C(C)=NC2CC2)cc(OC)n1. The lowest BCUT2D eigenvalue weighted by Crippen LogP contribution is -2.24. The van der Waals surface area contributed by atoms with E-state index in [0.717, 1.165) is 29.8 Å². The normalized spacial score (nSPS) is 14.6. The standard InChI is InChI=1S/C16H23N3O3/c1-11(18-13-6-7-13)12-9-14(19-15(10-12)21-2)5-4-8-17-16(20)22-3/h9-10,13H,4-8H2,1-3H3,(H,17,20). The summed E-state index contributed by atoms with van der Waals surface area (Å²) in [5, 5.41) is 2.66. The highest BCUT2D eigenvalue weighted by Gasteiger charge is 2.20. The van der Waals surface area contributed by atoms with Crippen molar-refractivity contribution in [3.8, 4) is 5.88 Å². The molecule has 0 saturated heterocycles. The van der Waals surface area contributed by atoms with Gasteiger partial charge in [-0.2, -0.15) is 0 Å². The topological polar surface area (TPSA) is 72.8 Å². The molecule has 0 atom stereocenters. The number of hydrogen-bond donors (Lipinski definition) is 1. The Hall–Kier alpha value is -2.11. The predicted octanol–water partition coefficient (Wildman–Crippen LogP) is 2.35. The van der Waals surface area contributed by atoms with Crippen LogP contribution in [0.25, 0.3) is 0 Å². The maximum atomic E-state index is 11.0. The van der Waals surface area contributed by atoms with Gasteiger partial charge in [0.2, 0.25) is 5.88 Å². The zero-order valence-corrected chi connectivity index (χ0v) is 13.4. The Balaban J connectivity index is 1.99. The molecule has 1 aromatic rings. The Labute approximate surface area is 130 Å². The van der Waals surface area contributed by atoms with Gasteiger partial charge < -0.3 is 14.8 Å². The first-order valence-corrected chi connectivity index (χ1v) is 7.54. The van der Waals surface area contributed by atoms with Crippen molar-refractivity contribution in [1.29, 1.82) is 0 Å². The Morgan fingerprint density at radius 3 is 2.82 bits per heavy atom. The minimum absolute atomic E-state index is 0.410. The fourth-order valence-corrected chi connectivity index (χ4v) is 2.09. The number of aliphatic imine (C=N–C) groups is 1. The lowest BCUT2D eigenvalue weighted by Gasteiger charge is -2.09. The van der Waals surface area contributed by atoms with Crippen LogP contribution in [0.15, 0.2) is 17.1 Å². The molecular weight excluding hydrogens is 282 g/mol. The second kappa shape index (κ2) is 7.77. The highest BCUT2D eigenvalue weighted by Crippen LogP contribution is 2.25. The van der Waals surface area contributed by atoms with Crippen molar-refractivity contribution in [2.75, 3.05) is 20.8 Å². The summed E-state index contributed by atoms with van der Waals surface area (Å²) in [6.07, 6.45) is 3.50. The lowest BCUT2D eigenvalue weighted by molar-refractivity contribution is 0.171. The van der Waals surface area contributed by atoms with Gasteiger partial charge in [0.15, 0.2) is 0 Å². The number of hydrogen-bond acceptors (Lipinski definition) is 5. The van der Waals surface area contributed by atoms with E-state index < -0.39 is 6.09 Å². The molecule has 2 rings (SSSR count). The number of nitrogens with zero attached hydrogens (tertiary/aromatic N) is 2. The van der Waals surface area contributed by atoms with Crippen LogP contribution < -0.4 is 10.1 Å². The van der Waals surface area contributed by atoms with Crippen molar-refractivity contribution in [2.45, 2.75) is 38.6 Å². The number of carbonyl (C=O) groups is 1. The first-order chi connectivity index (χ1) is 10.6. The number of methoxy groups -OCH3 is 2. The van der Waals surface area contributed by atoms with Gasteiger partial charge in [0, 0.05) is 29.6 Å². The molecule has 120 valence electrons. The number of amides is 1. The van der Waals surface area contributed by atoms with Crippen molar-refractivity contribution >= 4 is 11.8 Å². The van der Waals surface area contributed by atoms with Crippen LogP contribution in [0.2, 0.25) is 0 Å². The summed E-state index contributed by atoms with van der Waals surface area (Å²) in [5.74, 6) is 0.596. The molecular formula is C16H23N3O3. The van der Waals surface area contributed by atoms with Crippen molar-refractivity contribution in [1.82, 2.24) is 10.3 Å². The molecule has 0 aromatic carbocycles. The van der Waals surface area contributed by atoms with Crippen LogP contribution in [-0.2, 0) is 11.2 Å². The second-order valence-electron chi connectivity index (χ2n) is 5.36. The van der Waals surface area contributed by atoms with Crippen LogP contribution >= 0.6 is 0 Å². The number of aryl methyl sites for hydroxylation is 1. The van der Waals surface area contributed by atoms with Gasteiger partial charge in [-0.15, -0.1) is 0 Å². The average molecular weight is 305 g/mol. The first-order valence-electron chi connectivity index (χ1n) is 7.54. The van der Waals surface area contributed by atoms with Crippen molar-refractivity contribution in [3.63, 3.8) is 0 Å². The maximum Gasteiger partial charge on any atom is 0.406 e. The summed E-state index contributed by atoms with van der Waals surface area (Å²) >= 11 is 0. The van der Waals surface area contributed by atoms with Crippen LogP contribution in [0.3, 0.4) is 0 Å². The number of alkyl carbamates (subject to hydrolysis) is 1. The molecule has 1 heterocycles. The minimum Gasteiger partial charge on any atom is -0.481 e. The Morgan fingerprint density at radius 2 is 2.18 bits per heavy atom. The van der Waals surface area contributed by atoms with Gasteiger partial charge >= 0.3 is 6.09 Å². The molecule has 22 heavy (non-hydrogen) atoms. The van der Waals surface area contributed by atoms with Crippen molar-refractivity contribution in [2.24, 2.45) is 4.99 Å². The van der Waals surface area contributed by atoms with Gasteiger partial charge in [-0.25, -0.2) is 9.78 Å². The molecule has 0 radical (unpaired) electrons. The molecule has 1 amide bonds. The van der Waals surface area contributed by atoms with Crippen molar-refractivity contribution < 1.29 is 14.3 Å². The van der Waals surface area contributed by atoms with Gasteiger partial charge in [-0.05, 0) is 38.7 Å². The zero-order chi connectivity index (χ0) is 15.9. The number of carbonyl (C=O) groups excluding carboxylic acids is 1. The lowest BCUT2D eigenvalue weighted by atomic mass is 10.1. The molecule has 0 bridgehead atoms. The highest BCUT2D eigenvalue weighted by atomic mass is 16.5. The van der Waals surface area contributed by atoms with Crippen LogP contribution in [-0.4, -0.2) is 43.6 Å². The molecule has 0 spiro atoms. The maximum absolute atomic E-state index is 11.0. The summed E-state index contributed by atoms with van der Waals surface area (Å²) in [6.45, 7) is 2.58. The highest BCUT2D eigenvalue weighted by molar-refractivity contribution is 5.99.